The number of aromatic nitrogens is 3. The van der Waals surface area contributed by atoms with E-state index in [-0.39, 0.29) is 30.6 Å². The molecule has 310 valence electrons. The summed E-state index contributed by atoms with van der Waals surface area (Å²) in [4.78, 5) is 30.0. The van der Waals surface area contributed by atoms with Gasteiger partial charge in [0.05, 0.1) is 11.8 Å². The number of aliphatic hydroxyl groups excluding tert-OH is 1. The van der Waals surface area contributed by atoms with Gasteiger partial charge in [0, 0.05) is 71.5 Å². The minimum Gasteiger partial charge on any atom is -0.485 e. The molecule has 2 fully saturated rings. The molecule has 0 spiro atoms. The predicted octanol–water partition coefficient (Wildman–Crippen LogP) is 4.78. The van der Waals surface area contributed by atoms with Crippen LogP contribution in [0.2, 0.25) is 5.02 Å². The predicted molar refractivity (Wildman–Crippen MR) is 217 cm³/mol. The van der Waals surface area contributed by atoms with Gasteiger partial charge in [0.2, 0.25) is 15.9 Å². The number of hydrogen-bond donors (Lipinski definition) is 2. The number of amides is 1. The Labute approximate surface area is 341 Å². The molecule has 3 aliphatic heterocycles. The molecule has 14 nitrogen and oxygen atoms in total. The number of anilines is 1. The van der Waals surface area contributed by atoms with E-state index in [2.05, 4.69) is 41.7 Å². The van der Waals surface area contributed by atoms with Gasteiger partial charge < -0.3 is 24.0 Å². The van der Waals surface area contributed by atoms with E-state index in [1.54, 1.807) is 20.1 Å². The number of rotatable bonds is 7. The standard InChI is InChI=1S/C41H56ClN7O7S/c1-28-7-6-16-41(54-3,27-48-20-18-47(19-21-48)25-38-43-29(2)56-45-38)34-12-10-31(34)24-49-17-5-4-8-30-23-33(42)11-9-32(30)26-55-36-14-13-35(44-39(36)49)40(51)46-57(52,53)37(28)15-22-50/h6,9,11,13-14,16,23,28,31,34,37,50H,4-5,7-8,10,12,15,17-22,24-27H2,1-3H3,(H,46,51)/b16-6+/t28-,31-,34+,37?,41+/m0/s1. The number of nitrogens with one attached hydrogen (secondary N) is 1. The van der Waals surface area contributed by atoms with Gasteiger partial charge in [0.25, 0.3) is 5.91 Å². The maximum absolute atomic E-state index is 13.9. The summed E-state index contributed by atoms with van der Waals surface area (Å²) in [6, 6.07) is 9.11. The van der Waals surface area contributed by atoms with Crippen LogP contribution in [0, 0.1) is 24.7 Å². The number of aryl methyl sites for hydroxylation is 2. The van der Waals surface area contributed by atoms with Crippen molar-refractivity contribution in [2.45, 2.75) is 82.8 Å². The Morgan fingerprint density at radius 2 is 1.86 bits per heavy atom. The number of carbonyl (C=O) groups is 1. The van der Waals surface area contributed by atoms with E-state index in [4.69, 9.17) is 30.6 Å². The molecule has 1 saturated carbocycles. The second-order valence-electron chi connectivity index (χ2n) is 16.2. The Balaban J connectivity index is 1.22. The zero-order valence-electron chi connectivity index (χ0n) is 33.2. The third-order valence-corrected chi connectivity index (χ3v) is 14.6. The summed E-state index contributed by atoms with van der Waals surface area (Å²) < 4.78 is 48.4. The summed E-state index contributed by atoms with van der Waals surface area (Å²) in [6.45, 7) is 9.65. The largest absolute Gasteiger partial charge is 0.485 e. The van der Waals surface area contributed by atoms with Gasteiger partial charge in [-0.15, -0.1) is 0 Å². The first-order chi connectivity index (χ1) is 27.5. The molecule has 2 aromatic heterocycles. The van der Waals surface area contributed by atoms with Crippen LogP contribution in [0.4, 0.5) is 5.82 Å². The SMILES string of the molecule is CO[C@@]1(CN2CCN(Cc3noc(C)n3)CC2)/C=C/C[C@H](C)C(CCO)S(=O)(=O)NC(=O)c2ccc3c(n2)N(CCCCc2cc(Cl)ccc2CO3)C[C@@H]2CC[C@H]21. The van der Waals surface area contributed by atoms with Crippen molar-refractivity contribution >= 4 is 33.3 Å². The highest BCUT2D eigenvalue weighted by Crippen LogP contribution is 2.46. The molecule has 2 bridgehead atoms. The van der Waals surface area contributed by atoms with Crippen LogP contribution in [-0.2, 0) is 34.3 Å². The van der Waals surface area contributed by atoms with Gasteiger partial charge in [-0.05, 0) is 98.1 Å². The van der Waals surface area contributed by atoms with Gasteiger partial charge in [0.15, 0.2) is 17.4 Å². The fourth-order valence-corrected chi connectivity index (χ4v) is 10.9. The molecule has 1 amide bonds. The minimum absolute atomic E-state index is 0.0135. The molecule has 7 rings (SSSR count). The molecule has 1 saturated heterocycles. The molecule has 57 heavy (non-hydrogen) atoms. The third-order valence-electron chi connectivity index (χ3n) is 12.4. The Kier molecular flexibility index (Phi) is 13.2. The van der Waals surface area contributed by atoms with E-state index in [1.807, 2.05) is 25.1 Å². The average molecular weight is 826 g/mol. The fraction of sp³-hybridized carbons (Fsp3) is 0.610. The van der Waals surface area contributed by atoms with Crippen molar-refractivity contribution in [1.29, 1.82) is 0 Å². The first-order valence-corrected chi connectivity index (χ1v) is 22.2. The Bertz CT molecular complexity index is 2010. The van der Waals surface area contributed by atoms with Crippen LogP contribution in [0.3, 0.4) is 0 Å². The number of ether oxygens (including phenoxy) is 2. The van der Waals surface area contributed by atoms with Crippen LogP contribution >= 0.6 is 11.6 Å². The summed E-state index contributed by atoms with van der Waals surface area (Å²) >= 11 is 6.40. The van der Waals surface area contributed by atoms with Crippen molar-refractivity contribution in [3.05, 3.63) is 76.0 Å². The molecule has 3 aromatic rings. The molecule has 1 aromatic carbocycles. The normalized spacial score (nSPS) is 28.2. The second-order valence-corrected chi connectivity index (χ2v) is 18.5. The lowest BCUT2D eigenvalue weighted by molar-refractivity contribution is -0.0956. The number of carbonyl (C=O) groups excluding carboxylic acids is 1. The number of methoxy groups -OCH3 is 1. The second kappa shape index (κ2) is 18.1. The number of sulfonamides is 1. The Morgan fingerprint density at radius 3 is 2.58 bits per heavy atom. The van der Waals surface area contributed by atoms with Crippen molar-refractivity contribution in [3.63, 3.8) is 0 Å². The summed E-state index contributed by atoms with van der Waals surface area (Å²) in [5.74, 6) is 1.49. The number of aliphatic hydroxyl groups is 1. The summed E-state index contributed by atoms with van der Waals surface area (Å²) in [5.41, 5.74) is 1.52. The maximum Gasteiger partial charge on any atom is 0.283 e. The van der Waals surface area contributed by atoms with Gasteiger partial charge in [0.1, 0.15) is 17.9 Å². The molecule has 1 unspecified atom stereocenters. The molecular formula is C41H56ClN7O7S. The zero-order chi connectivity index (χ0) is 40.2. The summed E-state index contributed by atoms with van der Waals surface area (Å²) in [7, 11) is -2.41. The lowest BCUT2D eigenvalue weighted by atomic mass is 9.63. The van der Waals surface area contributed by atoms with Crippen molar-refractivity contribution < 1.29 is 32.3 Å². The summed E-state index contributed by atoms with van der Waals surface area (Å²) in [6.07, 6.45) is 9.24. The van der Waals surface area contributed by atoms with Crippen molar-refractivity contribution in [2.75, 3.05) is 64.4 Å². The fourth-order valence-electron chi connectivity index (χ4n) is 9.04. The molecule has 5 atom stereocenters. The molecule has 5 heterocycles. The van der Waals surface area contributed by atoms with Crippen LogP contribution in [0.25, 0.3) is 0 Å². The van der Waals surface area contributed by atoms with E-state index in [1.165, 1.54) is 6.07 Å². The average Bonchev–Trinajstić information content (AvgIpc) is 3.58. The first kappa shape index (κ1) is 41.6. The first-order valence-electron chi connectivity index (χ1n) is 20.3. The lowest BCUT2D eigenvalue weighted by Crippen LogP contribution is -2.58. The van der Waals surface area contributed by atoms with Crippen molar-refractivity contribution in [2.24, 2.45) is 17.8 Å². The van der Waals surface area contributed by atoms with Gasteiger partial charge >= 0.3 is 0 Å². The van der Waals surface area contributed by atoms with Gasteiger partial charge in [-0.3, -0.25) is 14.6 Å². The highest BCUT2D eigenvalue weighted by Gasteiger charge is 2.48. The van der Waals surface area contributed by atoms with Gasteiger partial charge in [-0.2, -0.15) is 4.98 Å². The summed E-state index contributed by atoms with van der Waals surface area (Å²) in [5, 5.41) is 13.7. The number of halogens is 1. The van der Waals surface area contributed by atoms with Crippen molar-refractivity contribution in [1.82, 2.24) is 29.6 Å². The van der Waals surface area contributed by atoms with E-state index in [0.717, 1.165) is 69.4 Å². The minimum atomic E-state index is -4.20. The smallest absolute Gasteiger partial charge is 0.283 e. The van der Waals surface area contributed by atoms with Crippen LogP contribution in [0.15, 0.2) is 47.0 Å². The molecule has 1 aliphatic carbocycles. The lowest BCUT2D eigenvalue weighted by Gasteiger charge is -2.51. The third kappa shape index (κ3) is 9.66. The topological polar surface area (TPSA) is 163 Å². The van der Waals surface area contributed by atoms with Crippen LogP contribution in [0.5, 0.6) is 5.75 Å². The molecule has 0 radical (unpaired) electrons. The number of hydrogen-bond acceptors (Lipinski definition) is 13. The molecular weight excluding hydrogens is 770 g/mol. The monoisotopic (exact) mass is 825 g/mol. The van der Waals surface area contributed by atoms with Crippen LogP contribution in [0.1, 0.15) is 78.8 Å². The maximum atomic E-state index is 13.9. The van der Waals surface area contributed by atoms with E-state index >= 15 is 0 Å². The van der Waals surface area contributed by atoms with E-state index in [9.17, 15) is 18.3 Å². The number of pyridine rings is 1. The van der Waals surface area contributed by atoms with Gasteiger partial charge in [-0.25, -0.2) is 18.1 Å². The molecule has 16 heteroatoms. The molecule has 2 N–H and O–H groups in total. The highest BCUT2D eigenvalue weighted by atomic mass is 35.5. The number of piperazine rings is 1. The number of fused-ring (bicyclic) bond motifs is 3. The van der Waals surface area contributed by atoms with Crippen LogP contribution in [-0.4, -0.2) is 115 Å². The Hall–Kier alpha value is -3.60. The number of benzene rings is 1. The van der Waals surface area contributed by atoms with Crippen molar-refractivity contribution in [3.8, 4) is 5.75 Å². The quantitative estimate of drug-likeness (QED) is 0.313. The molecule has 4 aliphatic rings. The van der Waals surface area contributed by atoms with E-state index in [0.29, 0.717) is 67.5 Å². The number of allylic oxidation sites excluding steroid dienone is 1. The zero-order valence-corrected chi connectivity index (χ0v) is 34.8. The Morgan fingerprint density at radius 1 is 1.05 bits per heavy atom. The van der Waals surface area contributed by atoms with Gasteiger partial charge in [-0.1, -0.05) is 41.9 Å². The number of nitrogens with zero attached hydrogens (tertiary/aromatic N) is 6. The van der Waals surface area contributed by atoms with E-state index < -0.39 is 32.7 Å². The van der Waals surface area contributed by atoms with Crippen LogP contribution < -0.4 is 14.4 Å². The highest BCUT2D eigenvalue weighted by molar-refractivity contribution is 7.90.